The molecule has 0 bridgehead atoms. The molecule has 1 heterocycles. The highest BCUT2D eigenvalue weighted by Gasteiger charge is 2.29. The predicted octanol–water partition coefficient (Wildman–Crippen LogP) is 5.98. The van der Waals surface area contributed by atoms with Gasteiger partial charge >= 0.3 is 0 Å². The molecule has 2 heteroatoms. The molecule has 0 radical (unpaired) electrons. The first-order chi connectivity index (χ1) is 12.1. The Bertz CT molecular complexity index is 626. The number of nitrogens with zero attached hydrogens (tertiary/aromatic N) is 2. The second kappa shape index (κ2) is 10.7. The van der Waals surface area contributed by atoms with Gasteiger partial charge in [0.05, 0.1) is 6.07 Å². The molecule has 2 rings (SSSR count). The van der Waals surface area contributed by atoms with Gasteiger partial charge in [0.15, 0.2) is 0 Å². The highest BCUT2D eigenvalue weighted by atomic mass is 15.1. The van der Waals surface area contributed by atoms with Crippen molar-refractivity contribution in [2.45, 2.75) is 46.6 Å². The Morgan fingerprint density at radius 1 is 1.24 bits per heavy atom. The molecule has 0 atom stereocenters. The van der Waals surface area contributed by atoms with Gasteiger partial charge in [-0.2, -0.15) is 5.26 Å². The van der Waals surface area contributed by atoms with E-state index in [9.17, 15) is 0 Å². The molecule has 1 aromatic rings. The Kier molecular flexibility index (Phi) is 8.95. The number of likely N-dealkylation sites (tertiary alicyclic amines) is 1. The van der Waals surface area contributed by atoms with Crippen LogP contribution >= 0.6 is 0 Å². The third kappa shape index (κ3) is 6.03. The zero-order valence-electron chi connectivity index (χ0n) is 16.1. The first kappa shape index (κ1) is 20.9. The molecule has 25 heavy (non-hydrogen) atoms. The van der Waals surface area contributed by atoms with Gasteiger partial charge in [-0.3, -0.25) is 4.90 Å². The molecule has 1 aliphatic heterocycles. The van der Waals surface area contributed by atoms with Crippen LogP contribution in [0.4, 0.5) is 0 Å². The minimum Gasteiger partial charge on any atom is -0.299 e. The summed E-state index contributed by atoms with van der Waals surface area (Å²) in [5.74, 6) is 0. The van der Waals surface area contributed by atoms with Crippen molar-refractivity contribution >= 4 is 5.57 Å². The maximum absolute atomic E-state index is 8.97. The first-order valence-corrected chi connectivity index (χ1v) is 9.24. The van der Waals surface area contributed by atoms with Crippen molar-refractivity contribution in [1.82, 2.24) is 4.90 Å². The molecule has 0 saturated carbocycles. The van der Waals surface area contributed by atoms with E-state index in [-0.39, 0.29) is 5.41 Å². The van der Waals surface area contributed by atoms with Gasteiger partial charge in [0.25, 0.3) is 0 Å². The van der Waals surface area contributed by atoms with Gasteiger partial charge in [-0.05, 0) is 48.0 Å². The molecule has 134 valence electrons. The summed E-state index contributed by atoms with van der Waals surface area (Å²) in [6, 6.07) is 10.8. The van der Waals surface area contributed by atoms with E-state index in [1.54, 1.807) is 0 Å². The summed E-state index contributed by atoms with van der Waals surface area (Å²) in [5, 5.41) is 8.97. The first-order valence-electron chi connectivity index (χ1n) is 9.24. The van der Waals surface area contributed by atoms with Crippen LogP contribution in [-0.2, 0) is 6.54 Å². The average Bonchev–Trinajstić information content (AvgIpc) is 2.64. The summed E-state index contributed by atoms with van der Waals surface area (Å²) < 4.78 is 0. The Morgan fingerprint density at radius 3 is 2.44 bits per heavy atom. The molecule has 1 aliphatic rings. The van der Waals surface area contributed by atoms with Crippen molar-refractivity contribution < 1.29 is 0 Å². The lowest BCUT2D eigenvalue weighted by Crippen LogP contribution is -2.38. The van der Waals surface area contributed by atoms with Crippen molar-refractivity contribution in [2.75, 3.05) is 13.1 Å². The van der Waals surface area contributed by atoms with Gasteiger partial charge < -0.3 is 0 Å². The van der Waals surface area contributed by atoms with Gasteiger partial charge in [-0.1, -0.05) is 76.4 Å². The molecule has 0 aliphatic carbocycles. The normalized spacial score (nSPS) is 17.0. The number of hydrogen-bond acceptors (Lipinski definition) is 2. The standard InChI is InChI=1S/C21H26N2.C2H6/c1-4-8-18(5-2)20-10-7-6-9-19(20)17-23-15-12-21(3,11-14-22)13-16-23;1-2/h4-10H,1-2,11-13,15-17H2,3H3;1-2H3/b18-8+;. The summed E-state index contributed by atoms with van der Waals surface area (Å²) in [6.07, 6.45) is 8.56. The number of piperidine rings is 1. The molecule has 1 fully saturated rings. The van der Waals surface area contributed by atoms with Crippen LogP contribution in [0.25, 0.3) is 5.57 Å². The summed E-state index contributed by atoms with van der Waals surface area (Å²) in [6.45, 7) is 17.0. The Balaban J connectivity index is 0.00000151. The highest BCUT2D eigenvalue weighted by molar-refractivity contribution is 5.76. The lowest BCUT2D eigenvalue weighted by atomic mass is 9.78. The molecule has 0 aromatic heterocycles. The number of benzene rings is 1. The van der Waals surface area contributed by atoms with Crippen molar-refractivity contribution in [2.24, 2.45) is 5.41 Å². The zero-order chi connectivity index (χ0) is 18.7. The fourth-order valence-corrected chi connectivity index (χ4v) is 3.19. The molecule has 1 aromatic carbocycles. The monoisotopic (exact) mass is 336 g/mol. The summed E-state index contributed by atoms with van der Waals surface area (Å²) in [7, 11) is 0. The zero-order valence-corrected chi connectivity index (χ0v) is 16.1. The second-order valence-electron chi connectivity index (χ2n) is 6.64. The Hall–Kier alpha value is -2.11. The van der Waals surface area contributed by atoms with Gasteiger partial charge in [0.2, 0.25) is 0 Å². The maximum Gasteiger partial charge on any atom is 0.0627 e. The van der Waals surface area contributed by atoms with Crippen molar-refractivity contribution in [3.8, 4) is 6.07 Å². The minimum absolute atomic E-state index is 0.194. The van der Waals surface area contributed by atoms with E-state index in [1.807, 2.05) is 32.1 Å². The lowest BCUT2D eigenvalue weighted by Gasteiger charge is -2.38. The van der Waals surface area contributed by atoms with Crippen LogP contribution in [0.1, 0.15) is 51.2 Å². The topological polar surface area (TPSA) is 27.0 Å². The minimum atomic E-state index is 0.194. The maximum atomic E-state index is 8.97. The summed E-state index contributed by atoms with van der Waals surface area (Å²) >= 11 is 0. The van der Waals surface area contributed by atoms with Crippen LogP contribution in [-0.4, -0.2) is 18.0 Å². The smallest absolute Gasteiger partial charge is 0.0627 e. The second-order valence-corrected chi connectivity index (χ2v) is 6.64. The molecule has 1 saturated heterocycles. The third-order valence-corrected chi connectivity index (χ3v) is 4.81. The van der Waals surface area contributed by atoms with E-state index >= 15 is 0 Å². The van der Waals surface area contributed by atoms with Gasteiger partial charge in [0.1, 0.15) is 0 Å². The van der Waals surface area contributed by atoms with Crippen molar-refractivity contribution in [1.29, 1.82) is 5.26 Å². The number of allylic oxidation sites excluding steroid dienone is 4. The van der Waals surface area contributed by atoms with Crippen LogP contribution in [0, 0.1) is 16.7 Å². The van der Waals surface area contributed by atoms with E-state index in [4.69, 9.17) is 5.26 Å². The number of rotatable bonds is 6. The van der Waals surface area contributed by atoms with Crippen molar-refractivity contribution in [3.05, 3.63) is 66.8 Å². The molecule has 0 spiro atoms. The lowest BCUT2D eigenvalue weighted by molar-refractivity contribution is 0.116. The molecule has 0 unspecified atom stereocenters. The predicted molar refractivity (Wildman–Crippen MR) is 109 cm³/mol. The fourth-order valence-electron chi connectivity index (χ4n) is 3.19. The van der Waals surface area contributed by atoms with Crippen LogP contribution in [0.15, 0.2) is 55.7 Å². The van der Waals surface area contributed by atoms with Crippen molar-refractivity contribution in [3.63, 3.8) is 0 Å². The molecular weight excluding hydrogens is 304 g/mol. The molecule has 2 nitrogen and oxygen atoms in total. The number of hydrogen-bond donors (Lipinski definition) is 0. The van der Waals surface area contributed by atoms with E-state index in [2.05, 4.69) is 55.3 Å². The van der Waals surface area contributed by atoms with Gasteiger partial charge in [-0.15, -0.1) is 0 Å². The Labute approximate surface area is 154 Å². The van der Waals surface area contributed by atoms with Crippen LogP contribution in [0.2, 0.25) is 0 Å². The van der Waals surface area contributed by atoms with Gasteiger partial charge in [-0.25, -0.2) is 0 Å². The van der Waals surface area contributed by atoms with E-state index in [0.29, 0.717) is 6.42 Å². The average molecular weight is 337 g/mol. The fraction of sp³-hybridized carbons (Fsp3) is 0.435. The Morgan fingerprint density at radius 2 is 1.88 bits per heavy atom. The molecule has 0 amide bonds. The van der Waals surface area contributed by atoms with E-state index < -0.39 is 0 Å². The van der Waals surface area contributed by atoms with Crippen LogP contribution < -0.4 is 0 Å². The SMILES string of the molecule is C=C/C=C(\C=C)c1ccccc1CN1CCC(C)(CC#N)CC1.CC. The third-order valence-electron chi connectivity index (χ3n) is 4.81. The van der Waals surface area contributed by atoms with Crippen LogP contribution in [0.5, 0.6) is 0 Å². The van der Waals surface area contributed by atoms with Gasteiger partial charge in [0, 0.05) is 13.0 Å². The van der Waals surface area contributed by atoms with E-state index in [0.717, 1.165) is 38.0 Å². The number of nitriles is 1. The summed E-state index contributed by atoms with van der Waals surface area (Å²) in [5.41, 5.74) is 3.86. The molecular formula is C23H32N2. The highest BCUT2D eigenvalue weighted by Crippen LogP contribution is 2.34. The summed E-state index contributed by atoms with van der Waals surface area (Å²) in [4.78, 5) is 2.49. The largest absolute Gasteiger partial charge is 0.299 e. The quantitative estimate of drug-likeness (QED) is 0.597. The van der Waals surface area contributed by atoms with Crippen LogP contribution in [0.3, 0.4) is 0 Å². The van der Waals surface area contributed by atoms with E-state index in [1.165, 1.54) is 11.1 Å². The molecule has 0 N–H and O–H groups in total.